The monoisotopic (exact) mass is 396 g/mol. The van der Waals surface area contributed by atoms with Crippen molar-refractivity contribution < 1.29 is 9.69 Å². The SMILES string of the molecule is CSc1nnc([C@@H]2CCC[NH+](CC(=O)Nc3cccc4ccccc34)C2)n1C. The van der Waals surface area contributed by atoms with Crippen LogP contribution in [0.15, 0.2) is 47.6 Å². The van der Waals surface area contributed by atoms with E-state index in [4.69, 9.17) is 0 Å². The first kappa shape index (κ1) is 19.0. The number of carbonyl (C=O) groups excluding carboxylic acids is 1. The number of nitrogens with zero attached hydrogens (tertiary/aromatic N) is 3. The molecule has 4 rings (SSSR count). The van der Waals surface area contributed by atoms with Crippen molar-refractivity contribution in [2.75, 3.05) is 31.2 Å². The van der Waals surface area contributed by atoms with E-state index in [2.05, 4.69) is 32.2 Å². The van der Waals surface area contributed by atoms with Gasteiger partial charge in [0.05, 0.1) is 19.0 Å². The number of fused-ring (bicyclic) bond motifs is 1. The van der Waals surface area contributed by atoms with E-state index in [0.29, 0.717) is 12.5 Å². The van der Waals surface area contributed by atoms with Gasteiger partial charge in [0, 0.05) is 18.1 Å². The second kappa shape index (κ2) is 8.32. The first-order valence-electron chi connectivity index (χ1n) is 9.70. The molecule has 1 amide bonds. The van der Waals surface area contributed by atoms with E-state index in [9.17, 15) is 4.79 Å². The number of thioether (sulfide) groups is 1. The molecule has 2 atom stereocenters. The zero-order valence-corrected chi connectivity index (χ0v) is 17.1. The highest BCUT2D eigenvalue weighted by Gasteiger charge is 2.29. The van der Waals surface area contributed by atoms with Crippen LogP contribution in [0.2, 0.25) is 0 Å². The van der Waals surface area contributed by atoms with Gasteiger partial charge in [-0.15, -0.1) is 10.2 Å². The number of aromatic nitrogens is 3. The molecule has 1 aromatic heterocycles. The normalized spacial score (nSPS) is 19.6. The maximum Gasteiger partial charge on any atom is 0.279 e. The number of hydrogen-bond acceptors (Lipinski definition) is 4. The molecule has 1 aliphatic heterocycles. The van der Waals surface area contributed by atoms with E-state index in [0.717, 1.165) is 53.4 Å². The zero-order valence-electron chi connectivity index (χ0n) is 16.3. The molecule has 2 heterocycles. The summed E-state index contributed by atoms with van der Waals surface area (Å²) in [6.07, 6.45) is 4.22. The van der Waals surface area contributed by atoms with Crippen molar-refractivity contribution in [1.82, 2.24) is 14.8 Å². The fraction of sp³-hybridized carbons (Fsp3) is 0.381. The summed E-state index contributed by atoms with van der Waals surface area (Å²) in [4.78, 5) is 14.0. The smallest absolute Gasteiger partial charge is 0.279 e. The molecule has 6 nitrogen and oxygen atoms in total. The number of hydrogen-bond donors (Lipinski definition) is 2. The van der Waals surface area contributed by atoms with Gasteiger partial charge in [0.2, 0.25) is 0 Å². The molecule has 0 aliphatic carbocycles. The van der Waals surface area contributed by atoms with E-state index in [1.165, 1.54) is 4.90 Å². The van der Waals surface area contributed by atoms with Crippen LogP contribution in [0.25, 0.3) is 10.8 Å². The third-order valence-electron chi connectivity index (χ3n) is 5.51. The van der Waals surface area contributed by atoms with Crippen LogP contribution in [-0.4, -0.2) is 46.6 Å². The molecule has 1 unspecified atom stereocenters. The Bertz CT molecular complexity index is 981. The Kier molecular flexibility index (Phi) is 5.64. The molecule has 3 aromatic rings. The van der Waals surface area contributed by atoms with Crippen molar-refractivity contribution in [2.45, 2.75) is 23.9 Å². The van der Waals surface area contributed by atoms with Gasteiger partial charge in [-0.3, -0.25) is 4.79 Å². The Balaban J connectivity index is 1.42. The van der Waals surface area contributed by atoms with Gasteiger partial charge in [-0.25, -0.2) is 0 Å². The lowest BCUT2D eigenvalue weighted by Gasteiger charge is -2.28. The van der Waals surface area contributed by atoms with Crippen molar-refractivity contribution in [2.24, 2.45) is 7.05 Å². The summed E-state index contributed by atoms with van der Waals surface area (Å²) in [5.41, 5.74) is 0.883. The minimum atomic E-state index is 0.0646. The number of piperidine rings is 1. The second-order valence-corrected chi connectivity index (χ2v) is 8.17. The van der Waals surface area contributed by atoms with Crippen LogP contribution in [0, 0.1) is 0 Å². The summed E-state index contributed by atoms with van der Waals surface area (Å²) in [7, 11) is 2.03. The number of carbonyl (C=O) groups is 1. The maximum absolute atomic E-state index is 12.7. The lowest BCUT2D eigenvalue weighted by Crippen LogP contribution is -3.14. The summed E-state index contributed by atoms with van der Waals surface area (Å²) in [6, 6.07) is 14.1. The molecular weight excluding hydrogens is 370 g/mol. The molecule has 1 saturated heterocycles. The molecule has 28 heavy (non-hydrogen) atoms. The summed E-state index contributed by atoms with van der Waals surface area (Å²) in [5.74, 6) is 1.46. The number of rotatable bonds is 5. The molecule has 0 spiro atoms. The molecule has 1 fully saturated rings. The van der Waals surface area contributed by atoms with Crippen molar-refractivity contribution in [3.8, 4) is 0 Å². The van der Waals surface area contributed by atoms with Gasteiger partial charge in [-0.2, -0.15) is 0 Å². The van der Waals surface area contributed by atoms with E-state index in [1.807, 2.05) is 43.6 Å². The van der Waals surface area contributed by atoms with Crippen molar-refractivity contribution in [3.63, 3.8) is 0 Å². The third-order valence-corrected chi connectivity index (χ3v) is 6.23. The first-order chi connectivity index (χ1) is 13.7. The van der Waals surface area contributed by atoms with E-state index < -0.39 is 0 Å². The number of likely N-dealkylation sites (tertiary alicyclic amines) is 1. The Morgan fingerprint density at radius 1 is 1.25 bits per heavy atom. The van der Waals surface area contributed by atoms with Crippen LogP contribution < -0.4 is 10.2 Å². The molecule has 0 radical (unpaired) electrons. The van der Waals surface area contributed by atoms with Crippen molar-refractivity contribution >= 4 is 34.1 Å². The summed E-state index contributed by atoms with van der Waals surface area (Å²) in [6.45, 7) is 2.42. The van der Waals surface area contributed by atoms with Crippen LogP contribution >= 0.6 is 11.8 Å². The molecule has 2 N–H and O–H groups in total. The Morgan fingerprint density at radius 2 is 2.07 bits per heavy atom. The van der Waals surface area contributed by atoms with Crippen LogP contribution in [0.4, 0.5) is 5.69 Å². The fourth-order valence-corrected chi connectivity index (χ4v) is 4.64. The average Bonchev–Trinajstić information content (AvgIpc) is 3.09. The van der Waals surface area contributed by atoms with Gasteiger partial charge in [-0.05, 0) is 30.6 Å². The first-order valence-corrected chi connectivity index (χ1v) is 10.9. The van der Waals surface area contributed by atoms with Crippen LogP contribution in [-0.2, 0) is 11.8 Å². The second-order valence-electron chi connectivity index (χ2n) is 7.40. The highest BCUT2D eigenvalue weighted by molar-refractivity contribution is 7.98. The lowest BCUT2D eigenvalue weighted by atomic mass is 9.97. The Hall–Kier alpha value is -2.38. The average molecular weight is 397 g/mol. The predicted molar refractivity (Wildman–Crippen MR) is 113 cm³/mol. The van der Waals surface area contributed by atoms with E-state index in [-0.39, 0.29) is 5.91 Å². The molecule has 0 saturated carbocycles. The van der Waals surface area contributed by atoms with Crippen molar-refractivity contribution in [1.29, 1.82) is 0 Å². The molecule has 0 bridgehead atoms. The minimum absolute atomic E-state index is 0.0646. The number of amides is 1. The number of anilines is 1. The maximum atomic E-state index is 12.7. The summed E-state index contributed by atoms with van der Waals surface area (Å²) in [5, 5.41) is 14.9. The van der Waals surface area contributed by atoms with Gasteiger partial charge >= 0.3 is 0 Å². The molecule has 2 aromatic carbocycles. The summed E-state index contributed by atoms with van der Waals surface area (Å²) < 4.78 is 2.09. The minimum Gasteiger partial charge on any atom is -0.327 e. The van der Waals surface area contributed by atoms with Crippen LogP contribution in [0.1, 0.15) is 24.6 Å². The number of benzene rings is 2. The highest BCUT2D eigenvalue weighted by Crippen LogP contribution is 2.24. The van der Waals surface area contributed by atoms with E-state index in [1.54, 1.807) is 11.8 Å². The quantitative estimate of drug-likeness (QED) is 0.649. The van der Waals surface area contributed by atoms with Crippen LogP contribution in [0.5, 0.6) is 0 Å². The lowest BCUT2D eigenvalue weighted by molar-refractivity contribution is -0.898. The highest BCUT2D eigenvalue weighted by atomic mass is 32.2. The standard InChI is InChI=1S/C21H25N5OS/c1-25-20(23-24-21(25)28-2)16-9-6-12-26(13-16)14-19(27)22-18-11-5-8-15-7-3-4-10-17(15)18/h3-5,7-8,10-11,16H,6,9,12-14H2,1-2H3,(H,22,27)/p+1/t16-/m1/s1. The fourth-order valence-electron chi connectivity index (χ4n) is 4.15. The topological polar surface area (TPSA) is 64.2 Å². The number of quaternary nitrogens is 1. The van der Waals surface area contributed by atoms with Crippen LogP contribution in [0.3, 0.4) is 0 Å². The van der Waals surface area contributed by atoms with Gasteiger partial charge in [0.25, 0.3) is 5.91 Å². The Labute approximate surface area is 169 Å². The van der Waals surface area contributed by atoms with Gasteiger partial charge < -0.3 is 14.8 Å². The molecular formula is C21H26N5OS+. The molecule has 1 aliphatic rings. The predicted octanol–water partition coefficient (Wildman–Crippen LogP) is 2.09. The van der Waals surface area contributed by atoms with Gasteiger partial charge in [-0.1, -0.05) is 48.2 Å². The summed E-state index contributed by atoms with van der Waals surface area (Å²) >= 11 is 1.61. The largest absolute Gasteiger partial charge is 0.327 e. The third kappa shape index (κ3) is 3.91. The van der Waals surface area contributed by atoms with E-state index >= 15 is 0 Å². The van der Waals surface area contributed by atoms with Crippen molar-refractivity contribution in [3.05, 3.63) is 48.3 Å². The zero-order chi connectivity index (χ0) is 19.5. The molecule has 7 heteroatoms. The Morgan fingerprint density at radius 3 is 2.89 bits per heavy atom. The number of nitrogens with one attached hydrogen (secondary N) is 2. The van der Waals surface area contributed by atoms with Gasteiger partial charge in [0.1, 0.15) is 5.82 Å². The molecule has 146 valence electrons. The van der Waals surface area contributed by atoms with Gasteiger partial charge in [0.15, 0.2) is 11.7 Å².